The van der Waals surface area contributed by atoms with E-state index >= 15 is 0 Å². The Morgan fingerprint density at radius 2 is 1.85 bits per heavy atom. The first-order valence-electron chi connectivity index (χ1n) is 3.94. The highest BCUT2D eigenvalue weighted by molar-refractivity contribution is 7.58. The third-order valence-corrected chi connectivity index (χ3v) is 2.68. The third kappa shape index (κ3) is 4.71. The number of hydrogen-bond donors (Lipinski definition) is 2. The molecule has 1 unspecified atom stereocenters. The van der Waals surface area contributed by atoms with Gasteiger partial charge in [0.05, 0.1) is 0 Å². The number of ether oxygens (including phenoxy) is 2. The predicted octanol–water partition coefficient (Wildman–Crippen LogP) is 0.461. The molecule has 0 aliphatic carbocycles. The van der Waals surface area contributed by atoms with E-state index in [4.69, 9.17) is 15.4 Å². The van der Waals surface area contributed by atoms with Crippen LogP contribution in [0.1, 0.15) is 13.8 Å². The normalized spacial score (nSPS) is 16.1. The van der Waals surface area contributed by atoms with Crippen molar-refractivity contribution >= 4 is 7.37 Å². The lowest BCUT2D eigenvalue weighted by atomic mass is 10.9. The second-order valence-corrected chi connectivity index (χ2v) is 4.46. The SMILES string of the molecule is CCOC(OCC)P(=O)(O)CON. The second kappa shape index (κ2) is 6.48. The van der Waals surface area contributed by atoms with Crippen molar-refractivity contribution in [2.45, 2.75) is 19.9 Å². The molecule has 0 radical (unpaired) electrons. The van der Waals surface area contributed by atoms with Gasteiger partial charge >= 0.3 is 0 Å². The van der Waals surface area contributed by atoms with Crippen LogP contribution in [0.5, 0.6) is 0 Å². The summed E-state index contributed by atoms with van der Waals surface area (Å²) in [4.78, 5) is 13.4. The minimum atomic E-state index is -3.63. The molecule has 0 aromatic heterocycles. The van der Waals surface area contributed by atoms with E-state index in [0.717, 1.165) is 0 Å². The molecule has 0 aromatic carbocycles. The molecule has 0 aliphatic rings. The monoisotopic (exact) mass is 213 g/mol. The third-order valence-electron chi connectivity index (χ3n) is 1.21. The maximum atomic E-state index is 11.4. The Bertz CT molecular complexity index is 170. The van der Waals surface area contributed by atoms with E-state index in [9.17, 15) is 9.46 Å². The molecule has 0 aliphatic heterocycles. The molecule has 0 amide bonds. The molecule has 80 valence electrons. The molecule has 6 nitrogen and oxygen atoms in total. The van der Waals surface area contributed by atoms with Gasteiger partial charge in [0.2, 0.25) is 6.03 Å². The number of nitrogens with two attached hydrogens (primary N) is 1. The lowest BCUT2D eigenvalue weighted by molar-refractivity contribution is -0.0891. The molecule has 0 saturated heterocycles. The fourth-order valence-electron chi connectivity index (χ4n) is 0.734. The fourth-order valence-corrected chi connectivity index (χ4v) is 1.83. The van der Waals surface area contributed by atoms with Crippen molar-refractivity contribution in [3.63, 3.8) is 0 Å². The Morgan fingerprint density at radius 3 is 2.15 bits per heavy atom. The van der Waals surface area contributed by atoms with Crippen molar-refractivity contribution < 1.29 is 23.8 Å². The first-order chi connectivity index (χ1) is 6.08. The van der Waals surface area contributed by atoms with Crippen LogP contribution in [0.4, 0.5) is 0 Å². The molecule has 0 spiro atoms. The molecular formula is C6H16NO5P. The van der Waals surface area contributed by atoms with Crippen molar-refractivity contribution in [2.24, 2.45) is 5.90 Å². The van der Waals surface area contributed by atoms with Gasteiger partial charge in [0.1, 0.15) is 6.35 Å². The topological polar surface area (TPSA) is 91.0 Å². The van der Waals surface area contributed by atoms with Crippen molar-refractivity contribution in [3.8, 4) is 0 Å². The van der Waals surface area contributed by atoms with Crippen LogP contribution < -0.4 is 5.90 Å². The van der Waals surface area contributed by atoms with Crippen LogP contribution in [0.3, 0.4) is 0 Å². The molecule has 0 heterocycles. The van der Waals surface area contributed by atoms with Gasteiger partial charge in [0.25, 0.3) is 7.37 Å². The summed E-state index contributed by atoms with van der Waals surface area (Å²) in [5.41, 5.74) is 0. The van der Waals surface area contributed by atoms with E-state index in [2.05, 4.69) is 4.84 Å². The van der Waals surface area contributed by atoms with Gasteiger partial charge in [-0.05, 0) is 13.8 Å². The van der Waals surface area contributed by atoms with E-state index in [-0.39, 0.29) is 0 Å². The van der Waals surface area contributed by atoms with Crippen LogP contribution in [0.25, 0.3) is 0 Å². The Balaban J connectivity index is 4.23. The number of rotatable bonds is 7. The highest BCUT2D eigenvalue weighted by atomic mass is 31.2. The van der Waals surface area contributed by atoms with E-state index in [1.165, 1.54) is 0 Å². The van der Waals surface area contributed by atoms with Crippen molar-refractivity contribution in [2.75, 3.05) is 19.6 Å². The fraction of sp³-hybridized carbons (Fsp3) is 1.00. The average Bonchev–Trinajstić information content (AvgIpc) is 2.04. The lowest BCUT2D eigenvalue weighted by Gasteiger charge is -2.21. The molecule has 0 rings (SSSR count). The zero-order valence-electron chi connectivity index (χ0n) is 7.80. The molecule has 0 bridgehead atoms. The summed E-state index contributed by atoms with van der Waals surface area (Å²) in [6.07, 6.45) is -0.475. The van der Waals surface area contributed by atoms with Gasteiger partial charge in [-0.15, -0.1) is 0 Å². The molecule has 3 N–H and O–H groups in total. The summed E-state index contributed by atoms with van der Waals surface area (Å²) >= 11 is 0. The van der Waals surface area contributed by atoms with Crippen molar-refractivity contribution in [3.05, 3.63) is 0 Å². The van der Waals surface area contributed by atoms with Crippen LogP contribution in [0, 0.1) is 0 Å². The highest BCUT2D eigenvalue weighted by Gasteiger charge is 2.32. The maximum absolute atomic E-state index is 11.4. The van der Waals surface area contributed by atoms with Gasteiger partial charge in [-0.25, -0.2) is 5.90 Å². The van der Waals surface area contributed by atoms with Gasteiger partial charge in [0, 0.05) is 13.2 Å². The van der Waals surface area contributed by atoms with Crippen LogP contribution in [-0.4, -0.2) is 30.5 Å². The quantitative estimate of drug-likeness (QED) is 0.362. The zero-order valence-corrected chi connectivity index (χ0v) is 8.70. The molecule has 1 atom stereocenters. The Morgan fingerprint density at radius 1 is 1.38 bits per heavy atom. The minimum Gasteiger partial charge on any atom is -0.345 e. The minimum absolute atomic E-state index is 0.291. The predicted molar refractivity (Wildman–Crippen MR) is 47.0 cm³/mol. The van der Waals surface area contributed by atoms with E-state index in [0.29, 0.717) is 13.2 Å². The van der Waals surface area contributed by atoms with Crippen LogP contribution in [0.2, 0.25) is 0 Å². The average molecular weight is 213 g/mol. The summed E-state index contributed by atoms with van der Waals surface area (Å²) in [6, 6.07) is -1.15. The summed E-state index contributed by atoms with van der Waals surface area (Å²) in [5.74, 6) is 4.70. The smallest absolute Gasteiger partial charge is 0.281 e. The van der Waals surface area contributed by atoms with E-state index in [1.807, 2.05) is 0 Å². The van der Waals surface area contributed by atoms with Crippen molar-refractivity contribution in [1.29, 1.82) is 0 Å². The Kier molecular flexibility index (Phi) is 6.49. The standard InChI is InChI=1S/C6H16NO5P/c1-3-10-6(11-4-2)13(8,9)5-12-7/h6H,3-5,7H2,1-2H3,(H,8,9). The number of hydrogen-bond acceptors (Lipinski definition) is 5. The van der Waals surface area contributed by atoms with Crippen LogP contribution in [0.15, 0.2) is 0 Å². The van der Waals surface area contributed by atoms with Crippen molar-refractivity contribution in [1.82, 2.24) is 0 Å². The molecule has 0 saturated carbocycles. The summed E-state index contributed by atoms with van der Waals surface area (Å²) in [5, 5.41) is 0. The lowest BCUT2D eigenvalue weighted by Crippen LogP contribution is -2.20. The van der Waals surface area contributed by atoms with Crippen LogP contribution >= 0.6 is 7.37 Å². The Hall–Kier alpha value is 0.0300. The largest absolute Gasteiger partial charge is 0.345 e. The second-order valence-electron chi connectivity index (χ2n) is 2.27. The van der Waals surface area contributed by atoms with Gasteiger partial charge in [-0.1, -0.05) is 0 Å². The van der Waals surface area contributed by atoms with Gasteiger partial charge in [-0.2, -0.15) is 0 Å². The first-order valence-corrected chi connectivity index (χ1v) is 5.86. The van der Waals surface area contributed by atoms with Gasteiger partial charge in [-0.3, -0.25) is 9.40 Å². The highest BCUT2D eigenvalue weighted by Crippen LogP contribution is 2.46. The van der Waals surface area contributed by atoms with Crippen LogP contribution in [-0.2, 0) is 18.9 Å². The maximum Gasteiger partial charge on any atom is 0.281 e. The van der Waals surface area contributed by atoms with Gasteiger partial charge < -0.3 is 14.4 Å². The zero-order chi connectivity index (χ0) is 10.3. The summed E-state index contributed by atoms with van der Waals surface area (Å²) < 4.78 is 21.3. The molecular weight excluding hydrogens is 197 g/mol. The van der Waals surface area contributed by atoms with E-state index in [1.54, 1.807) is 13.8 Å². The molecule has 0 aromatic rings. The molecule has 7 heteroatoms. The summed E-state index contributed by atoms with van der Waals surface area (Å²) in [6.45, 7) is 3.99. The Labute approximate surface area is 77.4 Å². The molecule has 0 fully saturated rings. The first kappa shape index (κ1) is 13.0. The molecule has 13 heavy (non-hydrogen) atoms. The van der Waals surface area contributed by atoms with Gasteiger partial charge in [0.15, 0.2) is 0 Å². The van der Waals surface area contributed by atoms with E-state index < -0.39 is 19.7 Å². The summed E-state index contributed by atoms with van der Waals surface area (Å²) in [7, 11) is -3.63.